The van der Waals surface area contributed by atoms with Crippen LogP contribution in [0.15, 0.2) is 66.7 Å². The van der Waals surface area contributed by atoms with Crippen LogP contribution in [0.1, 0.15) is 34.0 Å². The number of rotatable bonds is 6. The van der Waals surface area contributed by atoms with Crippen LogP contribution in [-0.4, -0.2) is 25.0 Å². The van der Waals surface area contributed by atoms with E-state index in [1.54, 1.807) is 43.5 Å². The maximum absolute atomic E-state index is 13.2. The van der Waals surface area contributed by atoms with Gasteiger partial charge in [-0.3, -0.25) is 9.59 Å². The molecule has 4 rings (SSSR count). The third-order valence-corrected chi connectivity index (χ3v) is 5.94. The number of nitrogens with one attached hydrogen (secondary N) is 1. The highest BCUT2D eigenvalue weighted by atomic mass is 35.5. The van der Waals surface area contributed by atoms with Gasteiger partial charge >= 0.3 is 0 Å². The number of carbonyl (C=O) groups is 2. The molecular formula is C26H25ClN2O3. The number of hydrogen-bond acceptors (Lipinski definition) is 3. The third-order valence-electron chi connectivity index (χ3n) is 5.69. The van der Waals surface area contributed by atoms with Gasteiger partial charge < -0.3 is 15.0 Å². The normalized spacial score (nSPS) is 14.7. The van der Waals surface area contributed by atoms with Crippen LogP contribution < -0.4 is 15.0 Å². The molecule has 1 aliphatic rings. The van der Waals surface area contributed by atoms with Crippen molar-refractivity contribution in [2.24, 2.45) is 0 Å². The van der Waals surface area contributed by atoms with Crippen molar-refractivity contribution >= 4 is 29.1 Å². The minimum Gasteiger partial charge on any atom is -0.497 e. The summed E-state index contributed by atoms with van der Waals surface area (Å²) < 4.78 is 5.19. The molecule has 1 unspecified atom stereocenters. The summed E-state index contributed by atoms with van der Waals surface area (Å²) in [4.78, 5) is 27.4. The number of carbonyl (C=O) groups excluding carboxylic acids is 2. The molecule has 0 bridgehead atoms. The van der Waals surface area contributed by atoms with E-state index in [0.29, 0.717) is 29.3 Å². The first-order valence-electron chi connectivity index (χ1n) is 10.5. The molecule has 3 aromatic carbocycles. The summed E-state index contributed by atoms with van der Waals surface area (Å²) in [6.07, 6.45) is 1.10. The van der Waals surface area contributed by atoms with Crippen LogP contribution in [0.3, 0.4) is 0 Å². The summed E-state index contributed by atoms with van der Waals surface area (Å²) in [5.41, 5.74) is 4.52. The molecule has 0 saturated heterocycles. The average molecular weight is 449 g/mol. The molecule has 1 heterocycles. The monoisotopic (exact) mass is 448 g/mol. The van der Waals surface area contributed by atoms with E-state index in [4.69, 9.17) is 16.3 Å². The molecule has 0 aliphatic carbocycles. The predicted molar refractivity (Wildman–Crippen MR) is 126 cm³/mol. The fraction of sp³-hybridized carbons (Fsp3) is 0.231. The highest BCUT2D eigenvalue weighted by Crippen LogP contribution is 2.34. The largest absolute Gasteiger partial charge is 0.497 e. The van der Waals surface area contributed by atoms with E-state index < -0.39 is 0 Å². The van der Waals surface area contributed by atoms with E-state index in [1.165, 1.54) is 0 Å². The number of benzene rings is 3. The lowest BCUT2D eigenvalue weighted by atomic mass is 10.1. The third kappa shape index (κ3) is 4.78. The van der Waals surface area contributed by atoms with Crippen LogP contribution in [0, 0.1) is 0 Å². The number of anilines is 1. The molecule has 32 heavy (non-hydrogen) atoms. The van der Waals surface area contributed by atoms with Crippen molar-refractivity contribution in [1.82, 2.24) is 5.32 Å². The zero-order chi connectivity index (χ0) is 22.7. The van der Waals surface area contributed by atoms with Crippen LogP contribution in [-0.2, 0) is 24.2 Å². The molecule has 1 N–H and O–H groups in total. The molecule has 1 atom stereocenters. The fourth-order valence-electron chi connectivity index (χ4n) is 4.00. The quantitative estimate of drug-likeness (QED) is 0.589. The molecule has 0 aromatic heterocycles. The van der Waals surface area contributed by atoms with Gasteiger partial charge in [-0.15, -0.1) is 0 Å². The smallest absolute Gasteiger partial charge is 0.258 e. The number of halogens is 1. The highest BCUT2D eigenvalue weighted by molar-refractivity contribution is 6.30. The van der Waals surface area contributed by atoms with Gasteiger partial charge in [-0.1, -0.05) is 35.9 Å². The van der Waals surface area contributed by atoms with Crippen molar-refractivity contribution in [1.29, 1.82) is 0 Å². The Balaban J connectivity index is 1.45. The summed E-state index contributed by atoms with van der Waals surface area (Å²) in [6, 6.07) is 20.5. The Morgan fingerprint density at radius 3 is 2.41 bits per heavy atom. The van der Waals surface area contributed by atoms with Gasteiger partial charge in [0.15, 0.2) is 0 Å². The molecule has 6 heteroatoms. The Hall–Kier alpha value is -3.31. The second kappa shape index (κ2) is 9.45. The van der Waals surface area contributed by atoms with Crippen LogP contribution in [0.4, 0.5) is 5.69 Å². The van der Waals surface area contributed by atoms with Gasteiger partial charge in [0.2, 0.25) is 5.91 Å². The summed E-state index contributed by atoms with van der Waals surface area (Å²) in [5, 5.41) is 3.61. The molecule has 0 radical (unpaired) electrons. The van der Waals surface area contributed by atoms with E-state index in [9.17, 15) is 9.59 Å². The SMILES string of the molecule is COc1ccc(C(=O)N2c3cc(CNC(=O)Cc4ccc(Cl)cc4)ccc3CC2C)cc1. The first-order chi connectivity index (χ1) is 15.4. The van der Waals surface area contributed by atoms with Crippen molar-refractivity contribution in [3.63, 3.8) is 0 Å². The Bertz CT molecular complexity index is 1130. The molecule has 2 amide bonds. The molecule has 0 saturated carbocycles. The molecule has 1 aliphatic heterocycles. The van der Waals surface area contributed by atoms with E-state index >= 15 is 0 Å². The minimum atomic E-state index is -0.0626. The number of ether oxygens (including phenoxy) is 1. The second-order valence-corrected chi connectivity index (χ2v) is 8.44. The maximum atomic E-state index is 13.2. The van der Waals surface area contributed by atoms with Gasteiger partial charge in [0.1, 0.15) is 5.75 Å². The van der Waals surface area contributed by atoms with Gasteiger partial charge in [0.25, 0.3) is 5.91 Å². The molecular weight excluding hydrogens is 424 g/mol. The number of hydrogen-bond donors (Lipinski definition) is 1. The van der Waals surface area contributed by atoms with E-state index in [-0.39, 0.29) is 17.9 Å². The van der Waals surface area contributed by atoms with Crippen LogP contribution in [0.25, 0.3) is 0 Å². The topological polar surface area (TPSA) is 58.6 Å². The highest BCUT2D eigenvalue weighted by Gasteiger charge is 2.31. The zero-order valence-corrected chi connectivity index (χ0v) is 18.9. The minimum absolute atomic E-state index is 0.0390. The molecule has 3 aromatic rings. The second-order valence-electron chi connectivity index (χ2n) is 8.00. The van der Waals surface area contributed by atoms with Crippen LogP contribution in [0.2, 0.25) is 5.02 Å². The standard InChI is InChI=1S/C26H25ClN2O3/c1-17-13-21-6-3-19(16-28-25(30)15-18-4-9-22(27)10-5-18)14-24(21)29(17)26(31)20-7-11-23(32-2)12-8-20/h3-12,14,17H,13,15-16H2,1-2H3,(H,28,30). The Morgan fingerprint density at radius 1 is 1.03 bits per heavy atom. The first-order valence-corrected chi connectivity index (χ1v) is 10.9. The summed E-state index contributed by atoms with van der Waals surface area (Å²) in [7, 11) is 1.60. The number of amides is 2. The van der Waals surface area contributed by atoms with Gasteiger partial charge in [0.05, 0.1) is 13.5 Å². The first kappa shape index (κ1) is 21.9. The van der Waals surface area contributed by atoms with Gasteiger partial charge in [-0.05, 0) is 72.5 Å². The number of methoxy groups -OCH3 is 1. The van der Waals surface area contributed by atoms with E-state index in [1.807, 2.05) is 35.2 Å². The Morgan fingerprint density at radius 2 is 1.72 bits per heavy atom. The van der Waals surface area contributed by atoms with E-state index in [2.05, 4.69) is 12.2 Å². The summed E-state index contributed by atoms with van der Waals surface area (Å²) >= 11 is 5.90. The van der Waals surface area contributed by atoms with Crippen molar-refractivity contribution < 1.29 is 14.3 Å². The van der Waals surface area contributed by atoms with Crippen molar-refractivity contribution in [3.8, 4) is 5.75 Å². The fourth-order valence-corrected chi connectivity index (χ4v) is 4.12. The van der Waals surface area contributed by atoms with Crippen LogP contribution >= 0.6 is 11.6 Å². The Labute approximate surface area is 193 Å². The molecule has 0 fully saturated rings. The van der Waals surface area contributed by atoms with Gasteiger partial charge in [-0.25, -0.2) is 0 Å². The lowest BCUT2D eigenvalue weighted by molar-refractivity contribution is -0.120. The summed E-state index contributed by atoms with van der Waals surface area (Å²) in [6.45, 7) is 2.45. The lowest BCUT2D eigenvalue weighted by Gasteiger charge is -2.23. The average Bonchev–Trinajstić information content (AvgIpc) is 3.13. The number of nitrogens with zero attached hydrogens (tertiary/aromatic N) is 1. The maximum Gasteiger partial charge on any atom is 0.258 e. The van der Waals surface area contributed by atoms with E-state index in [0.717, 1.165) is 28.8 Å². The zero-order valence-electron chi connectivity index (χ0n) is 18.1. The van der Waals surface area contributed by atoms with Crippen molar-refractivity contribution in [3.05, 3.63) is 94.0 Å². The molecule has 164 valence electrons. The van der Waals surface area contributed by atoms with Crippen LogP contribution in [0.5, 0.6) is 5.75 Å². The van der Waals surface area contributed by atoms with Gasteiger partial charge in [0, 0.05) is 28.9 Å². The number of fused-ring (bicyclic) bond motifs is 1. The molecule has 0 spiro atoms. The Kier molecular flexibility index (Phi) is 6.47. The van der Waals surface area contributed by atoms with Gasteiger partial charge in [-0.2, -0.15) is 0 Å². The summed E-state index contributed by atoms with van der Waals surface area (Å²) in [5.74, 6) is 0.614. The predicted octanol–water partition coefficient (Wildman–Crippen LogP) is 4.80. The van der Waals surface area contributed by atoms with Crippen molar-refractivity contribution in [2.75, 3.05) is 12.0 Å². The van der Waals surface area contributed by atoms with Crippen molar-refractivity contribution in [2.45, 2.75) is 32.4 Å². The molecule has 5 nitrogen and oxygen atoms in total. The lowest BCUT2D eigenvalue weighted by Crippen LogP contribution is -2.35.